The third-order valence-electron chi connectivity index (χ3n) is 6.99. The maximum absolute atomic E-state index is 12.2. The summed E-state index contributed by atoms with van der Waals surface area (Å²) in [5.74, 6) is 0.897. The van der Waals surface area contributed by atoms with Gasteiger partial charge in [-0.25, -0.2) is 9.48 Å². The van der Waals surface area contributed by atoms with E-state index in [1.54, 1.807) is 0 Å². The number of carbonyl (C=O) groups excluding carboxylic acids is 1. The molecule has 3 heterocycles. The van der Waals surface area contributed by atoms with Crippen LogP contribution >= 0.6 is 23.2 Å². The summed E-state index contributed by atoms with van der Waals surface area (Å²) >= 11 is 12.6. The van der Waals surface area contributed by atoms with Gasteiger partial charge < -0.3 is 10.2 Å². The molecule has 1 N–H and O–H groups in total. The summed E-state index contributed by atoms with van der Waals surface area (Å²) in [7, 11) is 0. The highest BCUT2D eigenvalue weighted by molar-refractivity contribution is 6.42. The molecular formula is C26H29Cl2N7O. The molecular weight excluding hydrogens is 497 g/mol. The number of urea groups is 1. The van der Waals surface area contributed by atoms with E-state index in [0.717, 1.165) is 55.8 Å². The number of amides is 2. The van der Waals surface area contributed by atoms with Crippen LogP contribution in [-0.2, 0) is 6.54 Å². The van der Waals surface area contributed by atoms with Crippen LogP contribution in [0.25, 0.3) is 11.4 Å². The number of likely N-dealkylation sites (tertiary alicyclic amines) is 1. The molecule has 2 aliphatic rings. The van der Waals surface area contributed by atoms with E-state index in [9.17, 15) is 4.79 Å². The fourth-order valence-electron chi connectivity index (χ4n) is 4.98. The van der Waals surface area contributed by atoms with Gasteiger partial charge in [-0.15, -0.1) is 5.10 Å². The molecule has 0 unspecified atom stereocenters. The summed E-state index contributed by atoms with van der Waals surface area (Å²) in [6.07, 6.45) is 6.76. The van der Waals surface area contributed by atoms with E-state index in [-0.39, 0.29) is 18.0 Å². The number of tetrazole rings is 1. The summed E-state index contributed by atoms with van der Waals surface area (Å²) in [6.45, 7) is 4.08. The fourth-order valence-corrected chi connectivity index (χ4v) is 5.29. The molecule has 1 fully saturated rings. The van der Waals surface area contributed by atoms with Gasteiger partial charge in [-0.2, -0.15) is 0 Å². The minimum absolute atomic E-state index is 0.00583. The van der Waals surface area contributed by atoms with Crippen LogP contribution in [0.3, 0.4) is 0 Å². The Balaban J connectivity index is 1.27. The van der Waals surface area contributed by atoms with E-state index in [4.69, 9.17) is 23.2 Å². The van der Waals surface area contributed by atoms with Crippen molar-refractivity contribution < 1.29 is 4.79 Å². The van der Waals surface area contributed by atoms with E-state index in [1.165, 1.54) is 0 Å². The van der Waals surface area contributed by atoms with Crippen molar-refractivity contribution >= 4 is 29.2 Å². The fraction of sp³-hybridized carbons (Fsp3) is 0.385. The van der Waals surface area contributed by atoms with Crippen LogP contribution in [0.4, 0.5) is 4.79 Å². The summed E-state index contributed by atoms with van der Waals surface area (Å²) in [4.78, 5) is 16.5. The first kappa shape index (κ1) is 24.7. The molecule has 1 aromatic heterocycles. The van der Waals surface area contributed by atoms with E-state index in [0.29, 0.717) is 23.1 Å². The number of aromatic nitrogens is 4. The minimum atomic E-state index is 0.00583. The number of hydrogen-bond donors (Lipinski definition) is 1. The van der Waals surface area contributed by atoms with Gasteiger partial charge in [0.2, 0.25) is 0 Å². The molecule has 188 valence electrons. The van der Waals surface area contributed by atoms with Gasteiger partial charge in [0.05, 0.1) is 16.6 Å². The molecule has 0 radical (unpaired) electrons. The monoisotopic (exact) mass is 525 g/mol. The maximum Gasteiger partial charge on any atom is 0.321 e. The second-order valence-electron chi connectivity index (χ2n) is 9.26. The SMILES string of the molecule is O=C1NCC=CN1C1CCN(CC[C@H](Cn2nnnc2-c2ccccc2)c2ccc(Cl)c(Cl)c2)CC1. The molecule has 0 saturated carbocycles. The lowest BCUT2D eigenvalue weighted by molar-refractivity contribution is 0.140. The average Bonchev–Trinajstić information content (AvgIpc) is 3.38. The predicted octanol–water partition coefficient (Wildman–Crippen LogP) is 4.82. The Kier molecular flexibility index (Phi) is 7.84. The average molecular weight is 526 g/mol. The van der Waals surface area contributed by atoms with Crippen LogP contribution in [0.15, 0.2) is 60.8 Å². The smallest absolute Gasteiger partial charge is 0.321 e. The summed E-state index contributed by atoms with van der Waals surface area (Å²) in [6, 6.07) is 16.1. The topological polar surface area (TPSA) is 79.2 Å². The second-order valence-corrected chi connectivity index (χ2v) is 10.1. The number of rotatable bonds is 8. The van der Waals surface area contributed by atoms with Crippen molar-refractivity contribution in [2.75, 3.05) is 26.2 Å². The number of benzene rings is 2. The van der Waals surface area contributed by atoms with E-state index in [2.05, 4.69) is 25.7 Å². The highest BCUT2D eigenvalue weighted by Gasteiger charge is 2.28. The molecule has 2 aromatic carbocycles. The van der Waals surface area contributed by atoms with Gasteiger partial charge in [-0.05, 0) is 60.0 Å². The Morgan fingerprint density at radius 1 is 1.06 bits per heavy atom. The first-order valence-electron chi connectivity index (χ1n) is 12.3. The van der Waals surface area contributed by atoms with Gasteiger partial charge in [-0.1, -0.05) is 59.6 Å². The first-order chi connectivity index (χ1) is 17.6. The Morgan fingerprint density at radius 2 is 1.86 bits per heavy atom. The van der Waals surface area contributed by atoms with E-state index in [1.807, 2.05) is 70.4 Å². The molecule has 1 atom stereocenters. The van der Waals surface area contributed by atoms with Crippen molar-refractivity contribution in [3.05, 3.63) is 76.4 Å². The Morgan fingerprint density at radius 3 is 2.61 bits per heavy atom. The van der Waals surface area contributed by atoms with Crippen molar-refractivity contribution in [3.8, 4) is 11.4 Å². The second kappa shape index (κ2) is 11.4. The largest absolute Gasteiger partial charge is 0.334 e. The van der Waals surface area contributed by atoms with Gasteiger partial charge in [-0.3, -0.25) is 4.90 Å². The third-order valence-corrected chi connectivity index (χ3v) is 7.73. The number of nitrogens with one attached hydrogen (secondary N) is 1. The highest BCUT2D eigenvalue weighted by Crippen LogP contribution is 2.31. The molecule has 2 amide bonds. The summed E-state index contributed by atoms with van der Waals surface area (Å²) in [5, 5.41) is 16.5. The molecule has 0 spiro atoms. The van der Waals surface area contributed by atoms with Gasteiger partial charge in [0.15, 0.2) is 5.82 Å². The van der Waals surface area contributed by atoms with Crippen LogP contribution in [0, 0.1) is 0 Å². The van der Waals surface area contributed by atoms with Crippen LogP contribution in [0.1, 0.15) is 30.7 Å². The zero-order chi connectivity index (χ0) is 24.9. The van der Waals surface area contributed by atoms with Crippen molar-refractivity contribution in [2.45, 2.75) is 37.8 Å². The molecule has 3 aromatic rings. The lowest BCUT2D eigenvalue weighted by Gasteiger charge is -2.38. The number of nitrogens with zero attached hydrogens (tertiary/aromatic N) is 6. The molecule has 36 heavy (non-hydrogen) atoms. The van der Waals surface area contributed by atoms with Gasteiger partial charge in [0, 0.05) is 43.4 Å². The van der Waals surface area contributed by atoms with Crippen molar-refractivity contribution in [1.82, 2.24) is 35.3 Å². The molecule has 0 bridgehead atoms. The number of piperidine rings is 1. The standard InChI is InChI=1S/C26H29Cl2N7O/c27-23-8-7-20(17-24(23)28)21(18-35-25(30-31-32-35)19-5-2-1-3-6-19)9-14-33-15-10-22(11-16-33)34-13-4-12-29-26(34)36/h1-8,13,17,21-22H,9-12,14-16,18H2,(H,29,36)/t21-/m1/s1. The Hall–Kier alpha value is -2.94. The van der Waals surface area contributed by atoms with Crippen molar-refractivity contribution in [3.63, 3.8) is 0 Å². The molecule has 2 aliphatic heterocycles. The molecule has 10 heteroatoms. The Labute approximate surface area is 220 Å². The maximum atomic E-state index is 12.2. The molecule has 8 nitrogen and oxygen atoms in total. The van der Waals surface area contributed by atoms with Gasteiger partial charge >= 0.3 is 6.03 Å². The number of carbonyl (C=O) groups is 1. The lowest BCUT2D eigenvalue weighted by Crippen LogP contribution is -2.50. The van der Waals surface area contributed by atoms with Crippen LogP contribution < -0.4 is 5.32 Å². The quantitative estimate of drug-likeness (QED) is 0.455. The van der Waals surface area contributed by atoms with Crippen LogP contribution in [0.2, 0.25) is 10.0 Å². The summed E-state index contributed by atoms with van der Waals surface area (Å²) < 4.78 is 1.87. The molecule has 0 aliphatic carbocycles. The van der Waals surface area contributed by atoms with E-state index < -0.39 is 0 Å². The zero-order valence-electron chi connectivity index (χ0n) is 19.9. The Bertz CT molecular complexity index is 1210. The third kappa shape index (κ3) is 5.72. The van der Waals surface area contributed by atoms with Gasteiger partial charge in [0.1, 0.15) is 0 Å². The van der Waals surface area contributed by atoms with Crippen LogP contribution in [-0.4, -0.2) is 68.3 Å². The number of halogens is 2. The van der Waals surface area contributed by atoms with Gasteiger partial charge in [0.25, 0.3) is 0 Å². The molecule has 5 rings (SSSR count). The lowest BCUT2D eigenvalue weighted by atomic mass is 9.94. The highest BCUT2D eigenvalue weighted by atomic mass is 35.5. The molecule has 1 saturated heterocycles. The minimum Gasteiger partial charge on any atom is -0.334 e. The summed E-state index contributed by atoms with van der Waals surface area (Å²) in [5.41, 5.74) is 2.09. The van der Waals surface area contributed by atoms with Crippen molar-refractivity contribution in [2.24, 2.45) is 0 Å². The van der Waals surface area contributed by atoms with Crippen LogP contribution in [0.5, 0.6) is 0 Å². The first-order valence-corrected chi connectivity index (χ1v) is 13.1. The number of hydrogen-bond acceptors (Lipinski definition) is 5. The van der Waals surface area contributed by atoms with Crippen molar-refractivity contribution in [1.29, 1.82) is 0 Å². The zero-order valence-corrected chi connectivity index (χ0v) is 21.4. The predicted molar refractivity (Wildman–Crippen MR) is 141 cm³/mol. The van der Waals surface area contributed by atoms with E-state index >= 15 is 0 Å². The normalized spacial score (nSPS) is 17.8.